The molecule has 1 aliphatic carbocycles. The molecule has 0 spiro atoms. The van der Waals surface area contributed by atoms with Crippen LogP contribution < -0.4 is 4.90 Å². The van der Waals surface area contributed by atoms with Gasteiger partial charge in [-0.25, -0.2) is 0 Å². The second-order valence-corrected chi connectivity index (χ2v) is 15.4. The van der Waals surface area contributed by atoms with Crippen molar-refractivity contribution < 1.29 is 0 Å². The highest BCUT2D eigenvalue weighted by Crippen LogP contribution is 2.57. The van der Waals surface area contributed by atoms with E-state index in [-0.39, 0.29) is 5.41 Å². The summed E-state index contributed by atoms with van der Waals surface area (Å²) >= 11 is 1.88. The van der Waals surface area contributed by atoms with Gasteiger partial charge in [0.1, 0.15) is 0 Å². The monoisotopic (exact) mass is 682 g/mol. The first kappa shape index (κ1) is 29.6. The van der Waals surface area contributed by atoms with E-state index in [1.165, 1.54) is 92.6 Å². The molecule has 246 valence electrons. The van der Waals surface area contributed by atoms with Crippen LogP contribution >= 0.6 is 11.3 Å². The number of aromatic nitrogens is 1. The van der Waals surface area contributed by atoms with Crippen molar-refractivity contribution in [3.8, 4) is 27.9 Å². The minimum Gasteiger partial charge on any atom is -0.312 e. The number of rotatable bonds is 4. The van der Waals surface area contributed by atoms with Crippen LogP contribution in [0.3, 0.4) is 0 Å². The molecule has 52 heavy (non-hydrogen) atoms. The van der Waals surface area contributed by atoms with Crippen LogP contribution in [-0.2, 0) is 5.41 Å². The van der Waals surface area contributed by atoms with Crippen LogP contribution in [0.2, 0.25) is 0 Å². The van der Waals surface area contributed by atoms with Crippen molar-refractivity contribution >= 4 is 64.7 Å². The largest absolute Gasteiger partial charge is 0.312 e. The van der Waals surface area contributed by atoms with E-state index in [1.807, 2.05) is 11.3 Å². The number of benzene rings is 7. The van der Waals surface area contributed by atoms with Gasteiger partial charge in [-0.1, -0.05) is 109 Å². The summed E-state index contributed by atoms with van der Waals surface area (Å²) in [6.45, 7) is 2.43. The normalized spacial score (nSPS) is 16.6. The Morgan fingerprint density at radius 3 is 2.12 bits per heavy atom. The molecule has 0 N–H and O–H groups in total. The van der Waals surface area contributed by atoms with E-state index in [0.29, 0.717) is 0 Å². The van der Waals surface area contributed by atoms with Gasteiger partial charge >= 0.3 is 0 Å². The SMILES string of the molecule is CC12CC=CC=C1N(c1cccc3sc4ccccc4c13)c1ccc(-c3ccc4c(c3)c3ccccc3n4-c3ccc(-c4ccccc4)cc3)cc12. The van der Waals surface area contributed by atoms with Crippen LogP contribution in [0.25, 0.3) is 69.9 Å². The Labute approximate surface area is 306 Å². The van der Waals surface area contributed by atoms with Crippen LogP contribution in [0, 0.1) is 0 Å². The number of hydrogen-bond acceptors (Lipinski definition) is 2. The fraction of sp³-hybridized carbons (Fsp3) is 0.0612. The molecule has 9 aromatic rings. The van der Waals surface area contributed by atoms with Crippen molar-refractivity contribution in [2.45, 2.75) is 18.8 Å². The van der Waals surface area contributed by atoms with Crippen LogP contribution in [-0.4, -0.2) is 4.57 Å². The molecular weight excluding hydrogens is 649 g/mol. The van der Waals surface area contributed by atoms with E-state index in [9.17, 15) is 0 Å². The molecule has 1 atom stereocenters. The molecule has 2 aliphatic rings. The predicted molar refractivity (Wildman–Crippen MR) is 222 cm³/mol. The number of thiophene rings is 1. The van der Waals surface area contributed by atoms with Gasteiger partial charge < -0.3 is 9.47 Å². The molecule has 0 fully saturated rings. The molecule has 11 rings (SSSR count). The van der Waals surface area contributed by atoms with Gasteiger partial charge in [0, 0.05) is 47.7 Å². The summed E-state index contributed by atoms with van der Waals surface area (Å²) in [6, 6.07) is 58.2. The fourth-order valence-electron chi connectivity index (χ4n) is 8.87. The molecule has 0 bridgehead atoms. The van der Waals surface area contributed by atoms with Crippen molar-refractivity contribution in [2.75, 3.05) is 4.90 Å². The Morgan fingerprint density at radius 2 is 1.23 bits per heavy atom. The summed E-state index contributed by atoms with van der Waals surface area (Å²) in [5.41, 5.74) is 13.7. The smallest absolute Gasteiger partial charge is 0.0552 e. The molecule has 2 aromatic heterocycles. The highest BCUT2D eigenvalue weighted by molar-refractivity contribution is 7.26. The summed E-state index contributed by atoms with van der Waals surface area (Å²) in [5.74, 6) is 0. The number of fused-ring (bicyclic) bond motifs is 9. The third-order valence-corrected chi connectivity index (χ3v) is 12.6. The zero-order chi connectivity index (χ0) is 34.4. The van der Waals surface area contributed by atoms with Crippen molar-refractivity contribution in [2.24, 2.45) is 0 Å². The van der Waals surface area contributed by atoms with Gasteiger partial charge in [-0.2, -0.15) is 0 Å². The quantitative estimate of drug-likeness (QED) is 0.179. The minimum atomic E-state index is -0.125. The van der Waals surface area contributed by atoms with Crippen LogP contribution in [0.1, 0.15) is 18.9 Å². The van der Waals surface area contributed by atoms with Gasteiger partial charge in [-0.05, 0) is 108 Å². The molecule has 0 radical (unpaired) electrons. The van der Waals surface area contributed by atoms with Gasteiger partial charge in [-0.15, -0.1) is 11.3 Å². The zero-order valence-corrected chi connectivity index (χ0v) is 29.6. The lowest BCUT2D eigenvalue weighted by Gasteiger charge is -2.31. The molecule has 1 aliphatic heterocycles. The predicted octanol–water partition coefficient (Wildman–Crippen LogP) is 13.7. The highest BCUT2D eigenvalue weighted by Gasteiger charge is 2.45. The molecule has 3 heteroatoms. The van der Waals surface area contributed by atoms with E-state index in [2.05, 4.69) is 192 Å². The second kappa shape index (κ2) is 11.2. The fourth-order valence-corrected chi connectivity index (χ4v) is 10.00. The van der Waals surface area contributed by atoms with Crippen molar-refractivity contribution in [1.82, 2.24) is 4.57 Å². The Kier molecular flexibility index (Phi) is 6.35. The first-order chi connectivity index (χ1) is 25.7. The van der Waals surface area contributed by atoms with Gasteiger partial charge in [-0.3, -0.25) is 0 Å². The standard InChI is InChI=1S/C49H34N2S/c1-49-29-10-9-20-47(49)51(44-17-11-19-46-48(44)38-15-6-8-18-45(38)52-46)43-28-24-35(31-40(43)49)34-23-27-42-39(30-34)37-14-5-7-16-41(37)50(42)36-25-21-33(22-26-36)32-12-3-2-4-13-32/h2-28,30-31H,29H2,1H3. The lowest BCUT2D eigenvalue weighted by atomic mass is 9.76. The van der Waals surface area contributed by atoms with Crippen LogP contribution in [0.15, 0.2) is 182 Å². The van der Waals surface area contributed by atoms with E-state index < -0.39 is 0 Å². The molecule has 0 saturated carbocycles. The maximum atomic E-state index is 2.55. The summed E-state index contributed by atoms with van der Waals surface area (Å²) in [6.07, 6.45) is 7.88. The summed E-state index contributed by atoms with van der Waals surface area (Å²) in [7, 11) is 0. The number of anilines is 2. The summed E-state index contributed by atoms with van der Waals surface area (Å²) in [4.78, 5) is 2.55. The van der Waals surface area contributed by atoms with Crippen LogP contribution in [0.5, 0.6) is 0 Å². The molecule has 1 unspecified atom stereocenters. The van der Waals surface area contributed by atoms with Crippen LogP contribution in [0.4, 0.5) is 11.4 Å². The van der Waals surface area contributed by atoms with E-state index >= 15 is 0 Å². The average Bonchev–Trinajstić information content (AvgIpc) is 3.83. The second-order valence-electron chi connectivity index (χ2n) is 14.3. The van der Waals surface area contributed by atoms with Gasteiger partial charge in [0.15, 0.2) is 0 Å². The van der Waals surface area contributed by atoms with Gasteiger partial charge in [0.2, 0.25) is 0 Å². The third-order valence-electron chi connectivity index (χ3n) is 11.4. The number of para-hydroxylation sites is 1. The molecule has 2 nitrogen and oxygen atoms in total. The molecule has 0 amide bonds. The van der Waals surface area contributed by atoms with Crippen molar-refractivity contribution in [3.63, 3.8) is 0 Å². The summed E-state index contributed by atoms with van der Waals surface area (Å²) < 4.78 is 5.07. The first-order valence-corrected chi connectivity index (χ1v) is 18.9. The number of hydrogen-bond donors (Lipinski definition) is 0. The van der Waals surface area contributed by atoms with E-state index in [4.69, 9.17) is 0 Å². The zero-order valence-electron chi connectivity index (χ0n) is 28.8. The third kappa shape index (κ3) is 4.23. The molecule has 7 aromatic carbocycles. The molecule has 0 saturated heterocycles. The van der Waals surface area contributed by atoms with E-state index in [1.54, 1.807) is 0 Å². The topological polar surface area (TPSA) is 8.17 Å². The van der Waals surface area contributed by atoms with Crippen molar-refractivity contribution in [3.05, 3.63) is 187 Å². The maximum Gasteiger partial charge on any atom is 0.0552 e. The van der Waals surface area contributed by atoms with E-state index in [0.717, 1.165) is 6.42 Å². The molecular formula is C49H34N2S. The Balaban J connectivity index is 1.05. The lowest BCUT2D eigenvalue weighted by Crippen LogP contribution is -2.27. The molecule has 3 heterocycles. The number of allylic oxidation sites excluding steroid dienone is 4. The lowest BCUT2D eigenvalue weighted by molar-refractivity contribution is 0.577. The highest BCUT2D eigenvalue weighted by atomic mass is 32.1. The summed E-state index contributed by atoms with van der Waals surface area (Å²) in [5, 5.41) is 5.21. The Hall–Kier alpha value is -6.16. The Bertz CT molecular complexity index is 2940. The minimum absolute atomic E-state index is 0.125. The van der Waals surface area contributed by atoms with Gasteiger partial charge in [0.25, 0.3) is 0 Å². The van der Waals surface area contributed by atoms with Gasteiger partial charge in [0.05, 0.1) is 22.4 Å². The Morgan fingerprint density at radius 1 is 0.538 bits per heavy atom. The maximum absolute atomic E-state index is 2.55. The first-order valence-electron chi connectivity index (χ1n) is 18.1. The number of nitrogens with zero attached hydrogens (tertiary/aromatic N) is 2. The average molecular weight is 683 g/mol. The van der Waals surface area contributed by atoms with Crippen molar-refractivity contribution in [1.29, 1.82) is 0 Å².